The van der Waals surface area contributed by atoms with Crippen LogP contribution in [0.1, 0.15) is 36.7 Å². The molecule has 2 rings (SSSR count). The van der Waals surface area contributed by atoms with Gasteiger partial charge in [0.05, 0.1) is 17.3 Å². The Morgan fingerprint density at radius 2 is 1.95 bits per heavy atom. The molecule has 0 amide bonds. The first kappa shape index (κ1) is 14.0. The molecule has 0 bridgehead atoms. The van der Waals surface area contributed by atoms with Crippen molar-refractivity contribution in [3.8, 4) is 17.3 Å². The highest BCUT2D eigenvalue weighted by Gasteiger charge is 2.23. The normalized spacial score (nSPS) is 10.9. The summed E-state index contributed by atoms with van der Waals surface area (Å²) in [7, 11) is 0. The van der Waals surface area contributed by atoms with Gasteiger partial charge in [-0.2, -0.15) is 5.26 Å². The predicted molar refractivity (Wildman–Crippen MR) is 78.2 cm³/mol. The Bertz CT molecular complexity index is 676. The molecule has 3 heteroatoms. The monoisotopic (exact) mass is 264 g/mol. The third-order valence-electron chi connectivity index (χ3n) is 3.02. The number of carbonyl (C=O) groups is 1. The molecule has 0 radical (unpaired) electrons. The Balaban J connectivity index is 2.51. The Labute approximate surface area is 118 Å². The number of aromatic nitrogens is 1. The number of benzene rings is 1. The van der Waals surface area contributed by atoms with E-state index < -0.39 is 5.41 Å². The summed E-state index contributed by atoms with van der Waals surface area (Å²) in [6, 6.07) is 12.9. The molecular weight excluding hydrogens is 248 g/mol. The van der Waals surface area contributed by atoms with Gasteiger partial charge in [-0.15, -0.1) is 0 Å². The highest BCUT2D eigenvalue weighted by Crippen LogP contribution is 2.26. The van der Waals surface area contributed by atoms with Crippen LogP contribution < -0.4 is 0 Å². The van der Waals surface area contributed by atoms with Crippen molar-refractivity contribution in [1.29, 1.82) is 5.26 Å². The van der Waals surface area contributed by atoms with Gasteiger partial charge in [-0.3, -0.25) is 9.78 Å². The van der Waals surface area contributed by atoms with E-state index >= 15 is 0 Å². The molecule has 1 aromatic carbocycles. The number of pyridine rings is 1. The molecule has 0 aliphatic rings. The van der Waals surface area contributed by atoms with E-state index in [-0.39, 0.29) is 5.78 Å². The van der Waals surface area contributed by atoms with Crippen molar-refractivity contribution in [3.63, 3.8) is 0 Å². The number of rotatable bonds is 2. The number of hydrogen-bond donors (Lipinski definition) is 0. The fraction of sp³-hybridized carbons (Fsp3) is 0.235. The van der Waals surface area contributed by atoms with Gasteiger partial charge in [-0.05, 0) is 18.2 Å². The fourth-order valence-corrected chi connectivity index (χ4v) is 1.96. The van der Waals surface area contributed by atoms with Crippen molar-refractivity contribution in [3.05, 3.63) is 53.7 Å². The SMILES string of the molecule is CC(C)(C)C(=O)c1ccc(-c2ccccn2)c(C#N)c1. The van der Waals surface area contributed by atoms with Gasteiger partial charge in [0.15, 0.2) is 5.78 Å². The summed E-state index contributed by atoms with van der Waals surface area (Å²) in [5.74, 6) is 0.0292. The van der Waals surface area contributed by atoms with Crippen LogP contribution in [0, 0.1) is 16.7 Å². The van der Waals surface area contributed by atoms with Crippen LogP contribution in [0.4, 0.5) is 0 Å². The second-order valence-corrected chi connectivity index (χ2v) is 5.67. The second kappa shape index (κ2) is 5.26. The van der Waals surface area contributed by atoms with Crippen molar-refractivity contribution in [2.75, 3.05) is 0 Å². The highest BCUT2D eigenvalue weighted by molar-refractivity contribution is 6.00. The third-order valence-corrected chi connectivity index (χ3v) is 3.02. The van der Waals surface area contributed by atoms with E-state index in [1.54, 1.807) is 24.4 Å². The molecule has 20 heavy (non-hydrogen) atoms. The van der Waals surface area contributed by atoms with Crippen LogP contribution >= 0.6 is 0 Å². The second-order valence-electron chi connectivity index (χ2n) is 5.67. The van der Waals surface area contributed by atoms with Crippen LogP contribution in [0.3, 0.4) is 0 Å². The smallest absolute Gasteiger partial charge is 0.168 e. The minimum atomic E-state index is -0.459. The van der Waals surface area contributed by atoms with Crippen molar-refractivity contribution < 1.29 is 4.79 Å². The van der Waals surface area contributed by atoms with Crippen LogP contribution in [-0.4, -0.2) is 10.8 Å². The Kier molecular flexibility index (Phi) is 3.67. The van der Waals surface area contributed by atoms with E-state index in [0.717, 1.165) is 11.3 Å². The van der Waals surface area contributed by atoms with Crippen molar-refractivity contribution in [1.82, 2.24) is 4.98 Å². The van der Waals surface area contributed by atoms with Crippen molar-refractivity contribution in [2.45, 2.75) is 20.8 Å². The summed E-state index contributed by atoms with van der Waals surface area (Å²) in [5.41, 5.74) is 2.06. The lowest BCUT2D eigenvalue weighted by molar-refractivity contribution is 0.0858. The van der Waals surface area contributed by atoms with Crippen molar-refractivity contribution >= 4 is 5.78 Å². The zero-order valence-corrected chi connectivity index (χ0v) is 11.8. The molecule has 0 spiro atoms. The topological polar surface area (TPSA) is 53.8 Å². The molecular formula is C17H16N2O. The van der Waals surface area contributed by atoms with Crippen LogP contribution in [0.15, 0.2) is 42.6 Å². The number of Topliss-reactive ketones (excluding diaryl/α,β-unsaturated/α-hetero) is 1. The van der Waals surface area contributed by atoms with Gasteiger partial charge >= 0.3 is 0 Å². The van der Waals surface area contributed by atoms with Gasteiger partial charge in [0, 0.05) is 22.7 Å². The lowest BCUT2D eigenvalue weighted by Gasteiger charge is -2.17. The average Bonchev–Trinajstić information content (AvgIpc) is 2.45. The van der Waals surface area contributed by atoms with E-state index in [0.29, 0.717) is 11.1 Å². The van der Waals surface area contributed by atoms with E-state index in [9.17, 15) is 10.1 Å². The standard InChI is InChI=1S/C17H16N2O/c1-17(2,3)16(20)12-7-8-14(13(10-12)11-18)15-6-4-5-9-19-15/h4-10H,1-3H3. The zero-order chi connectivity index (χ0) is 14.8. The molecule has 0 aliphatic heterocycles. The van der Waals surface area contributed by atoms with Gasteiger partial charge in [0.2, 0.25) is 0 Å². The van der Waals surface area contributed by atoms with E-state index in [4.69, 9.17) is 0 Å². The number of ketones is 1. The molecule has 1 aromatic heterocycles. The molecule has 0 unspecified atom stereocenters. The first-order valence-electron chi connectivity index (χ1n) is 6.44. The van der Waals surface area contributed by atoms with E-state index in [1.165, 1.54) is 0 Å². The molecule has 0 fully saturated rings. The maximum absolute atomic E-state index is 12.3. The largest absolute Gasteiger partial charge is 0.294 e. The summed E-state index contributed by atoms with van der Waals surface area (Å²) in [5, 5.41) is 9.30. The molecule has 100 valence electrons. The Hall–Kier alpha value is -2.47. The first-order valence-corrected chi connectivity index (χ1v) is 6.44. The lowest BCUT2D eigenvalue weighted by Crippen LogP contribution is -2.20. The van der Waals surface area contributed by atoms with E-state index in [1.807, 2.05) is 39.0 Å². The zero-order valence-electron chi connectivity index (χ0n) is 11.8. The molecule has 0 saturated carbocycles. The minimum Gasteiger partial charge on any atom is -0.294 e. The number of carbonyl (C=O) groups excluding carboxylic acids is 1. The number of nitrogens with zero attached hydrogens (tertiary/aromatic N) is 2. The molecule has 0 N–H and O–H groups in total. The summed E-state index contributed by atoms with van der Waals surface area (Å²) in [6.07, 6.45) is 1.69. The van der Waals surface area contributed by atoms with Crippen LogP contribution in [-0.2, 0) is 0 Å². The van der Waals surface area contributed by atoms with Gasteiger partial charge in [0.25, 0.3) is 0 Å². The highest BCUT2D eigenvalue weighted by atomic mass is 16.1. The lowest BCUT2D eigenvalue weighted by atomic mass is 9.85. The summed E-state index contributed by atoms with van der Waals surface area (Å²) in [4.78, 5) is 16.5. The van der Waals surface area contributed by atoms with Gasteiger partial charge in [-0.25, -0.2) is 0 Å². The van der Waals surface area contributed by atoms with Crippen LogP contribution in [0.5, 0.6) is 0 Å². The summed E-state index contributed by atoms with van der Waals surface area (Å²) >= 11 is 0. The fourth-order valence-electron chi connectivity index (χ4n) is 1.96. The minimum absolute atomic E-state index is 0.0292. The van der Waals surface area contributed by atoms with E-state index in [2.05, 4.69) is 11.1 Å². The van der Waals surface area contributed by atoms with Gasteiger partial charge in [0.1, 0.15) is 0 Å². The molecule has 2 aromatic rings. The maximum Gasteiger partial charge on any atom is 0.168 e. The molecule has 0 atom stereocenters. The van der Waals surface area contributed by atoms with Crippen LogP contribution in [0.25, 0.3) is 11.3 Å². The Morgan fingerprint density at radius 3 is 2.50 bits per heavy atom. The number of nitriles is 1. The maximum atomic E-state index is 12.3. The molecule has 1 heterocycles. The quantitative estimate of drug-likeness (QED) is 0.774. The predicted octanol–water partition coefficient (Wildman–Crippen LogP) is 3.85. The van der Waals surface area contributed by atoms with Crippen LogP contribution in [0.2, 0.25) is 0 Å². The summed E-state index contributed by atoms with van der Waals surface area (Å²) < 4.78 is 0. The third kappa shape index (κ3) is 2.75. The summed E-state index contributed by atoms with van der Waals surface area (Å²) in [6.45, 7) is 5.61. The average molecular weight is 264 g/mol. The van der Waals surface area contributed by atoms with Crippen molar-refractivity contribution in [2.24, 2.45) is 5.41 Å². The molecule has 0 saturated heterocycles. The van der Waals surface area contributed by atoms with Gasteiger partial charge < -0.3 is 0 Å². The number of hydrogen-bond acceptors (Lipinski definition) is 3. The Morgan fingerprint density at radius 1 is 1.20 bits per heavy atom. The molecule has 3 nitrogen and oxygen atoms in total. The molecule has 0 aliphatic carbocycles. The van der Waals surface area contributed by atoms with Gasteiger partial charge in [-0.1, -0.05) is 39.0 Å². The first-order chi connectivity index (χ1) is 9.43.